The third-order valence-corrected chi connectivity index (χ3v) is 23.6. The van der Waals surface area contributed by atoms with Crippen LogP contribution in [0.4, 0.5) is 62.4 Å². The normalized spacial score (nSPS) is 20.7. The first-order chi connectivity index (χ1) is 64.1. The van der Waals surface area contributed by atoms with Gasteiger partial charge in [0.05, 0.1) is 55.6 Å². The van der Waals surface area contributed by atoms with E-state index < -0.39 is 138 Å². The first-order valence-electron chi connectivity index (χ1n) is 43.9. The Morgan fingerprint density at radius 2 is 0.667 bits per heavy atom. The van der Waals surface area contributed by atoms with Crippen LogP contribution in [0.2, 0.25) is 0 Å². The van der Waals surface area contributed by atoms with Gasteiger partial charge in [-0.05, 0) is 165 Å². The highest BCUT2D eigenvalue weighted by molar-refractivity contribution is 6.64. The number of halogens is 6. The minimum atomic E-state index is -1.37. The Morgan fingerprint density at radius 1 is 0.378 bits per heavy atom. The quantitative estimate of drug-likeness (QED) is 0.0406. The zero-order valence-electron chi connectivity index (χ0n) is 75.1. The Labute approximate surface area is 777 Å². The van der Waals surface area contributed by atoms with E-state index >= 15 is 0 Å². The van der Waals surface area contributed by atoms with Gasteiger partial charge in [0.2, 0.25) is 17.1 Å². The van der Waals surface area contributed by atoms with Crippen LogP contribution in [-0.4, -0.2) is 255 Å². The summed E-state index contributed by atoms with van der Waals surface area (Å²) in [7, 11) is 0. The lowest BCUT2D eigenvalue weighted by Crippen LogP contribution is -2.43. The van der Waals surface area contributed by atoms with Crippen LogP contribution >= 0.6 is 11.6 Å². The molecule has 5 aliphatic heterocycles. The molecule has 18 rings (SSSR count). The molecule has 6 aromatic carbocycles. The predicted octanol–water partition coefficient (Wildman–Crippen LogP) is 16.3. The number of hydrogen-bond donors (Lipinski definition) is 5. The van der Waals surface area contributed by atoms with Gasteiger partial charge in [-0.25, -0.2) is 70.3 Å². The van der Waals surface area contributed by atoms with Crippen molar-refractivity contribution in [2.24, 2.45) is 0 Å². The number of anilines is 2. The molecular weight excluding hydrogens is 1780 g/mol. The molecule has 8 aliphatic rings. The summed E-state index contributed by atoms with van der Waals surface area (Å²) in [4.78, 5) is 146. The summed E-state index contributed by atoms with van der Waals surface area (Å²) in [6.45, 7) is 15.1. The van der Waals surface area contributed by atoms with Crippen molar-refractivity contribution >= 4 is 111 Å². The Bertz CT molecular complexity index is 5880. The van der Waals surface area contributed by atoms with Crippen LogP contribution in [-0.2, 0) is 52.4 Å². The molecule has 10 aromatic rings. The van der Waals surface area contributed by atoms with Crippen LogP contribution in [0.15, 0.2) is 182 Å². The molecular formula is C97H101ClF5N13O19. The van der Waals surface area contributed by atoms with Gasteiger partial charge < -0.3 is 54.6 Å². The molecule has 10 atom stereocenters. The van der Waals surface area contributed by atoms with Gasteiger partial charge in [-0.1, -0.05) is 146 Å². The molecule has 6 amide bonds. The van der Waals surface area contributed by atoms with E-state index in [1.54, 1.807) is 80.5 Å². The number of benzene rings is 6. The molecule has 0 unspecified atom stereocenters. The highest BCUT2D eigenvalue weighted by Gasteiger charge is 2.47. The van der Waals surface area contributed by atoms with E-state index in [4.69, 9.17) is 45.1 Å². The Balaban J connectivity index is 0.000000140. The number of alkyl halides is 5. The second kappa shape index (κ2) is 40.9. The third kappa shape index (κ3) is 22.8. The summed E-state index contributed by atoms with van der Waals surface area (Å²) >= 11 is 5.49. The van der Waals surface area contributed by atoms with Crippen LogP contribution in [0.1, 0.15) is 146 Å². The van der Waals surface area contributed by atoms with Crippen LogP contribution in [0.5, 0.6) is 0 Å². The maximum absolute atomic E-state index is 14.5. The molecule has 135 heavy (non-hydrogen) atoms. The molecule has 5 saturated heterocycles. The van der Waals surface area contributed by atoms with Crippen LogP contribution < -0.4 is 16.0 Å². The number of hydrogen-bond acceptors (Lipinski definition) is 22. The zero-order chi connectivity index (χ0) is 96.8. The van der Waals surface area contributed by atoms with Gasteiger partial charge in [0.25, 0.3) is 0 Å². The molecule has 0 radical (unpaired) electrons. The van der Waals surface area contributed by atoms with Crippen molar-refractivity contribution in [3.8, 4) is 33.4 Å². The topological polar surface area (TPSA) is 394 Å². The highest BCUT2D eigenvalue weighted by atomic mass is 35.5. The summed E-state index contributed by atoms with van der Waals surface area (Å²) in [6.07, 6.45) is -8.22. The van der Waals surface area contributed by atoms with Gasteiger partial charge in [0, 0.05) is 56.4 Å². The molecule has 0 bridgehead atoms. The molecule has 9 heterocycles. The summed E-state index contributed by atoms with van der Waals surface area (Å²) < 4.78 is 102. The number of nitrogens with zero attached hydrogens (tertiary/aromatic N) is 10. The minimum Gasteiger partial charge on any atom is -0.480 e. The van der Waals surface area contributed by atoms with Crippen molar-refractivity contribution in [1.82, 2.24) is 54.4 Å². The summed E-state index contributed by atoms with van der Waals surface area (Å²) in [6, 6.07) is 49.2. The number of pyridine rings is 2. The average molecular weight is 1880 g/mol. The van der Waals surface area contributed by atoms with Gasteiger partial charge in [-0.3, -0.25) is 34.0 Å². The molecule has 38 heteroatoms. The van der Waals surface area contributed by atoms with Gasteiger partial charge in [0.1, 0.15) is 114 Å². The molecule has 4 aromatic heterocycles. The fraction of sp³-hybridized carbons (Fsp3) is 0.392. The number of likely N-dealkylation sites (tertiary alicyclic amines) is 4. The first-order valence-corrected chi connectivity index (χ1v) is 44.2. The van der Waals surface area contributed by atoms with E-state index in [-0.39, 0.29) is 114 Å². The van der Waals surface area contributed by atoms with Crippen LogP contribution in [0, 0.1) is 0 Å². The number of carbonyl (C=O) groups is 11. The standard InChI is InChI=1S/C31H30FN5O5.C20H17ClFNO3.C20H18FNO4.C16H20FN5O3.C10H16FNO4/c1-31(2,3)42-30(40)37-25-12-13-27(34-24(25)15-33-37)35-28(38)26-14-18(32)16-36(26)29(39)41-17-23-21-10-6-4-8-19(21)20-9-5-7-11-22(20)23;21-19(24)18-9-12(22)10-23(18)20(25)26-11-17-15-7-3-1-5-13(15)14-6-2-4-8-16(14)17;21-12-9-18(19(23)24)22(10-12)20(25)26-11-17-15-7-3-1-5-13(15)14-6-2-4-8-16(14)17;1-16(2,3)25-15(24)22-12-4-5-13(20-11(12)8-19-22)21-14(23)10-6-9(17)7-18-10;1-10(2,3)16-9(15)12-5-6(11)4-7(12)8(13)14/h4-13,15,18,23,26H,14,16-17H2,1-3H3,(H,34,35,38);1-8,12,17-18H,9-11H2;1-8,12,17-18H,9-11H2,(H,23,24);4-5,8-10,18H,6-7H2,1-3H3,(H,20,21,23);6-7H,4-5H2,1-3H3,(H,13,14)/t18-,26-;2*12-,18-;9-,10-;6-,7-/m11111/s1. The summed E-state index contributed by atoms with van der Waals surface area (Å²) in [5, 5.41) is 33.4. The van der Waals surface area contributed by atoms with E-state index in [1.165, 1.54) is 18.5 Å². The SMILES string of the molecule is CC(C)(C)OC(=O)N1C[C@H](F)C[C@@H]1C(=O)O.CC(C)(C)OC(=O)n1ncc2nc(NC(=O)[C@H]3C[C@@H](F)CN3)ccc21.CC(C)(C)OC(=O)n1ncc2nc(NC(=O)[C@H]3C[C@@H](F)CN3C(=O)OCC3c4ccccc4-c4ccccc43)ccc21.O=C(Cl)[C@H]1C[C@@H](F)CN1C(=O)OCC1c2ccccc2-c2ccccc21.O=C(O)[C@H]1C[C@@H](F)CN1C(=O)OCC1c2ccccc2-c2ccccc21. The molecule has 32 nitrogen and oxygen atoms in total. The van der Waals surface area contributed by atoms with E-state index in [2.05, 4.69) is 36.1 Å². The third-order valence-electron chi connectivity index (χ3n) is 23.4. The minimum absolute atomic E-state index is 0.0640. The maximum atomic E-state index is 14.5. The molecule has 0 spiro atoms. The number of fused-ring (bicyclic) bond motifs is 11. The van der Waals surface area contributed by atoms with E-state index in [1.807, 2.05) is 146 Å². The maximum Gasteiger partial charge on any atom is 0.435 e. The van der Waals surface area contributed by atoms with Crippen molar-refractivity contribution in [3.63, 3.8) is 0 Å². The highest BCUT2D eigenvalue weighted by Crippen LogP contribution is 2.48. The number of carboxylic acids is 2. The fourth-order valence-electron chi connectivity index (χ4n) is 17.4. The van der Waals surface area contributed by atoms with Crippen LogP contribution in [0.3, 0.4) is 0 Å². The van der Waals surface area contributed by atoms with Crippen molar-refractivity contribution in [1.29, 1.82) is 0 Å². The van der Waals surface area contributed by atoms with Gasteiger partial charge in [0.15, 0.2) is 0 Å². The molecule has 3 aliphatic carbocycles. The van der Waals surface area contributed by atoms with Crippen LogP contribution in [0.25, 0.3) is 55.4 Å². The largest absolute Gasteiger partial charge is 0.480 e. The number of amides is 6. The van der Waals surface area contributed by atoms with Gasteiger partial charge in [-0.15, -0.1) is 0 Å². The lowest BCUT2D eigenvalue weighted by Gasteiger charge is -2.26. The second-order valence-corrected chi connectivity index (χ2v) is 36.8. The first kappa shape index (κ1) is 97.1. The Morgan fingerprint density at radius 3 is 0.978 bits per heavy atom. The van der Waals surface area contributed by atoms with Crippen molar-refractivity contribution < 1.29 is 113 Å². The Kier molecular flexibility index (Phi) is 29.4. The molecule has 5 fully saturated rings. The molecule has 710 valence electrons. The number of aliphatic carboxylic acids is 2. The van der Waals surface area contributed by atoms with Crippen molar-refractivity contribution in [2.45, 2.75) is 190 Å². The van der Waals surface area contributed by atoms with E-state index in [0.717, 1.165) is 95.7 Å². The lowest BCUT2D eigenvalue weighted by molar-refractivity contribution is -0.142. The van der Waals surface area contributed by atoms with E-state index in [0.29, 0.717) is 27.9 Å². The number of rotatable bonds is 13. The number of carbonyl (C=O) groups excluding carboxylic acids is 9. The zero-order valence-corrected chi connectivity index (χ0v) is 75.8. The lowest BCUT2D eigenvalue weighted by atomic mass is 9.98. The average Bonchev–Trinajstić information content (AvgIpc) is 1.62. The van der Waals surface area contributed by atoms with E-state index in [9.17, 15) is 79.8 Å². The summed E-state index contributed by atoms with van der Waals surface area (Å²) in [5.41, 5.74) is 12.7. The smallest absolute Gasteiger partial charge is 0.435 e. The Hall–Kier alpha value is -14.0. The fourth-order valence-corrected chi connectivity index (χ4v) is 17.6. The number of carboxylic acid groups (broad SMARTS) is 2. The number of nitrogens with one attached hydrogen (secondary N) is 3. The molecule has 5 N–H and O–H groups in total. The van der Waals surface area contributed by atoms with Gasteiger partial charge in [-0.2, -0.15) is 19.6 Å². The molecule has 0 saturated carbocycles. The van der Waals surface area contributed by atoms with Crippen molar-refractivity contribution in [3.05, 3.63) is 216 Å². The predicted molar refractivity (Wildman–Crippen MR) is 484 cm³/mol. The van der Waals surface area contributed by atoms with Gasteiger partial charge >= 0.3 is 48.5 Å². The second-order valence-electron chi connectivity index (χ2n) is 36.4. The number of aromatic nitrogens is 6. The monoisotopic (exact) mass is 1880 g/mol. The van der Waals surface area contributed by atoms with Crippen molar-refractivity contribution in [2.75, 3.05) is 63.2 Å². The summed E-state index contributed by atoms with van der Waals surface area (Å²) in [5.74, 6) is -3.21. The number of ether oxygens (including phenoxy) is 6.